The highest BCUT2D eigenvalue weighted by Crippen LogP contribution is 2.14. The summed E-state index contributed by atoms with van der Waals surface area (Å²) in [5, 5.41) is 0. The Labute approximate surface area is 110 Å². The van der Waals surface area contributed by atoms with Crippen LogP contribution < -0.4 is 0 Å². The summed E-state index contributed by atoms with van der Waals surface area (Å²) >= 11 is 0. The second kappa shape index (κ2) is 5.69. The summed E-state index contributed by atoms with van der Waals surface area (Å²) in [7, 11) is 2.02. The van der Waals surface area contributed by atoms with Crippen molar-refractivity contribution >= 4 is 11.8 Å². The maximum absolute atomic E-state index is 12.2. The Balaban J connectivity index is 2.68. The summed E-state index contributed by atoms with van der Waals surface area (Å²) in [4.78, 5) is 29.8. The van der Waals surface area contributed by atoms with Gasteiger partial charge in [-0.05, 0) is 34.7 Å². The van der Waals surface area contributed by atoms with Crippen molar-refractivity contribution in [1.29, 1.82) is 0 Å². The molecular formula is C13H25N3O2. The van der Waals surface area contributed by atoms with Crippen LogP contribution in [0.5, 0.6) is 0 Å². The lowest BCUT2D eigenvalue weighted by Gasteiger charge is -2.37. The van der Waals surface area contributed by atoms with E-state index in [4.69, 9.17) is 0 Å². The molecule has 5 heteroatoms. The number of carbonyl (C=O) groups is 2. The van der Waals surface area contributed by atoms with Crippen LogP contribution in [-0.2, 0) is 9.59 Å². The molecule has 1 rings (SSSR count). The number of amides is 2. The van der Waals surface area contributed by atoms with Gasteiger partial charge in [-0.2, -0.15) is 0 Å². The molecule has 1 aliphatic rings. The predicted molar refractivity (Wildman–Crippen MR) is 71.2 cm³/mol. The first-order valence-electron chi connectivity index (χ1n) is 6.56. The van der Waals surface area contributed by atoms with Crippen molar-refractivity contribution in [2.75, 3.05) is 39.8 Å². The third kappa shape index (κ3) is 3.45. The van der Waals surface area contributed by atoms with Gasteiger partial charge < -0.3 is 14.7 Å². The molecule has 1 aliphatic heterocycles. The van der Waals surface area contributed by atoms with Gasteiger partial charge in [-0.1, -0.05) is 0 Å². The van der Waals surface area contributed by atoms with Crippen molar-refractivity contribution < 1.29 is 9.59 Å². The first-order chi connectivity index (χ1) is 8.27. The molecule has 0 radical (unpaired) electrons. The number of piperazine rings is 1. The molecule has 1 fully saturated rings. The van der Waals surface area contributed by atoms with Crippen molar-refractivity contribution in [3.8, 4) is 0 Å². The van der Waals surface area contributed by atoms with Crippen LogP contribution in [0.2, 0.25) is 0 Å². The summed E-state index contributed by atoms with van der Waals surface area (Å²) in [5.74, 6) is -0.741. The molecule has 2 amide bonds. The number of hydrogen-bond acceptors (Lipinski definition) is 3. The zero-order valence-corrected chi connectivity index (χ0v) is 12.2. The number of carbonyl (C=O) groups excluding carboxylic acids is 2. The maximum atomic E-state index is 12.2. The number of rotatable bonds is 1. The Morgan fingerprint density at radius 2 is 1.61 bits per heavy atom. The maximum Gasteiger partial charge on any atom is 0.312 e. The highest BCUT2D eigenvalue weighted by molar-refractivity contribution is 6.35. The molecular weight excluding hydrogens is 230 g/mol. The van der Waals surface area contributed by atoms with Crippen molar-refractivity contribution in [2.45, 2.75) is 33.2 Å². The first-order valence-corrected chi connectivity index (χ1v) is 6.56. The van der Waals surface area contributed by atoms with Crippen LogP contribution in [0.15, 0.2) is 0 Å². The van der Waals surface area contributed by atoms with Crippen molar-refractivity contribution in [2.24, 2.45) is 0 Å². The second-order valence-corrected chi connectivity index (χ2v) is 5.82. The standard InChI is InChI=1S/C13H25N3O2/c1-6-16(13(2,3)4)12(18)11(17)15-9-7-14(5)8-10-15/h6-10H2,1-5H3. The largest absolute Gasteiger partial charge is 0.332 e. The lowest BCUT2D eigenvalue weighted by Crippen LogP contribution is -2.55. The van der Waals surface area contributed by atoms with Gasteiger partial charge in [0.05, 0.1) is 0 Å². The SMILES string of the molecule is CCN(C(=O)C(=O)N1CCN(C)CC1)C(C)(C)C. The van der Waals surface area contributed by atoms with Gasteiger partial charge >= 0.3 is 11.8 Å². The molecule has 0 saturated carbocycles. The third-order valence-corrected chi connectivity index (χ3v) is 3.34. The van der Waals surface area contributed by atoms with Gasteiger partial charge in [-0.15, -0.1) is 0 Å². The fraction of sp³-hybridized carbons (Fsp3) is 0.846. The van der Waals surface area contributed by atoms with E-state index in [-0.39, 0.29) is 17.4 Å². The van der Waals surface area contributed by atoms with E-state index in [2.05, 4.69) is 4.90 Å². The third-order valence-electron chi connectivity index (χ3n) is 3.34. The fourth-order valence-electron chi connectivity index (χ4n) is 2.18. The lowest BCUT2D eigenvalue weighted by molar-refractivity contribution is -0.155. The van der Waals surface area contributed by atoms with Crippen LogP contribution >= 0.6 is 0 Å². The highest BCUT2D eigenvalue weighted by Gasteiger charge is 2.33. The van der Waals surface area contributed by atoms with Crippen LogP contribution in [0.1, 0.15) is 27.7 Å². The minimum absolute atomic E-state index is 0.311. The van der Waals surface area contributed by atoms with Gasteiger partial charge in [0.25, 0.3) is 0 Å². The zero-order valence-electron chi connectivity index (χ0n) is 12.2. The van der Waals surface area contributed by atoms with Gasteiger partial charge in [0.15, 0.2) is 0 Å². The van der Waals surface area contributed by atoms with Gasteiger partial charge in [-0.25, -0.2) is 0 Å². The molecule has 104 valence electrons. The Bertz CT molecular complexity index is 315. The second-order valence-electron chi connectivity index (χ2n) is 5.82. The van der Waals surface area contributed by atoms with Crippen LogP contribution in [0.4, 0.5) is 0 Å². The summed E-state index contributed by atoms with van der Waals surface area (Å²) in [6, 6.07) is 0. The molecule has 0 unspecified atom stereocenters. The molecule has 0 spiro atoms. The summed E-state index contributed by atoms with van der Waals surface area (Å²) in [6.45, 7) is 11.3. The molecule has 0 aromatic rings. The molecule has 0 N–H and O–H groups in total. The van der Waals surface area contributed by atoms with Crippen LogP contribution in [0, 0.1) is 0 Å². The van der Waals surface area contributed by atoms with Crippen molar-refractivity contribution in [3.05, 3.63) is 0 Å². The zero-order chi connectivity index (χ0) is 13.9. The molecule has 0 atom stereocenters. The van der Waals surface area contributed by atoms with Gasteiger partial charge in [0.2, 0.25) is 0 Å². The van der Waals surface area contributed by atoms with Gasteiger partial charge in [-0.3, -0.25) is 9.59 Å². The fourth-order valence-corrected chi connectivity index (χ4v) is 2.18. The number of likely N-dealkylation sites (N-methyl/N-ethyl adjacent to an activating group) is 2. The van der Waals surface area contributed by atoms with Crippen LogP contribution in [0.3, 0.4) is 0 Å². The molecule has 0 bridgehead atoms. The molecule has 1 saturated heterocycles. The molecule has 0 aliphatic carbocycles. The van der Waals surface area contributed by atoms with E-state index < -0.39 is 0 Å². The van der Waals surface area contributed by atoms with Crippen LogP contribution in [-0.4, -0.2) is 71.8 Å². The normalized spacial score (nSPS) is 17.7. The summed E-state index contributed by atoms with van der Waals surface area (Å²) in [6.07, 6.45) is 0. The average molecular weight is 255 g/mol. The quantitative estimate of drug-likeness (QED) is 0.637. The van der Waals surface area contributed by atoms with Crippen LogP contribution in [0.25, 0.3) is 0 Å². The predicted octanol–water partition coefficient (Wildman–Crippen LogP) is 0.407. The first kappa shape index (κ1) is 15.0. The Morgan fingerprint density at radius 3 is 2.00 bits per heavy atom. The summed E-state index contributed by atoms with van der Waals surface area (Å²) < 4.78 is 0. The van der Waals surface area contributed by atoms with E-state index in [0.29, 0.717) is 19.6 Å². The molecule has 1 heterocycles. The Morgan fingerprint density at radius 1 is 1.11 bits per heavy atom. The topological polar surface area (TPSA) is 43.9 Å². The number of hydrogen-bond donors (Lipinski definition) is 0. The van der Waals surface area contributed by atoms with Crippen molar-refractivity contribution in [3.63, 3.8) is 0 Å². The average Bonchev–Trinajstić information content (AvgIpc) is 2.28. The Hall–Kier alpha value is -1.10. The molecule has 0 aromatic heterocycles. The Kier molecular flexibility index (Phi) is 4.73. The van der Waals surface area contributed by atoms with E-state index in [1.165, 1.54) is 0 Å². The van der Waals surface area contributed by atoms with E-state index in [0.717, 1.165) is 13.1 Å². The monoisotopic (exact) mass is 255 g/mol. The van der Waals surface area contributed by atoms with Gasteiger partial charge in [0.1, 0.15) is 0 Å². The highest BCUT2D eigenvalue weighted by atomic mass is 16.2. The minimum atomic E-state index is -0.380. The van der Waals surface area contributed by atoms with E-state index >= 15 is 0 Å². The van der Waals surface area contributed by atoms with E-state index in [9.17, 15) is 9.59 Å². The minimum Gasteiger partial charge on any atom is -0.332 e. The molecule has 5 nitrogen and oxygen atoms in total. The smallest absolute Gasteiger partial charge is 0.312 e. The number of nitrogens with zero attached hydrogens (tertiary/aromatic N) is 3. The molecule has 18 heavy (non-hydrogen) atoms. The van der Waals surface area contributed by atoms with E-state index in [1.807, 2.05) is 34.7 Å². The molecule has 0 aromatic carbocycles. The van der Waals surface area contributed by atoms with Gasteiger partial charge in [0, 0.05) is 38.3 Å². The van der Waals surface area contributed by atoms with E-state index in [1.54, 1.807) is 9.80 Å². The van der Waals surface area contributed by atoms with Crippen molar-refractivity contribution in [1.82, 2.24) is 14.7 Å². The lowest BCUT2D eigenvalue weighted by atomic mass is 10.1. The summed E-state index contributed by atoms with van der Waals surface area (Å²) in [5.41, 5.74) is -0.311.